The minimum absolute atomic E-state index is 0.213. The number of carbonyl (C=O) groups excluding carboxylic acids is 1. The smallest absolute Gasteiger partial charge is 0.363 e. The van der Waals surface area contributed by atoms with E-state index in [1.54, 1.807) is 6.08 Å². The summed E-state index contributed by atoms with van der Waals surface area (Å²) in [7, 11) is 0. The summed E-state index contributed by atoms with van der Waals surface area (Å²) >= 11 is 9.67. The van der Waals surface area contributed by atoms with Crippen molar-refractivity contribution in [2.24, 2.45) is 4.99 Å². The molecular weight excluding hydrogens is 454 g/mol. The first-order valence-electron chi connectivity index (χ1n) is 8.84. The summed E-state index contributed by atoms with van der Waals surface area (Å²) in [5, 5.41) is 0.640. The largest absolute Gasteiger partial charge is 0.488 e. The highest BCUT2D eigenvalue weighted by Gasteiger charge is 2.24. The molecule has 3 aromatic carbocycles. The third-order valence-electron chi connectivity index (χ3n) is 4.25. The van der Waals surface area contributed by atoms with Crippen LogP contribution in [0.2, 0.25) is 5.02 Å². The molecule has 0 saturated heterocycles. The zero-order valence-corrected chi connectivity index (χ0v) is 17.5. The van der Waals surface area contributed by atoms with Gasteiger partial charge in [0.25, 0.3) is 0 Å². The van der Waals surface area contributed by atoms with E-state index in [1.807, 2.05) is 72.8 Å². The fourth-order valence-corrected chi connectivity index (χ4v) is 3.36. The van der Waals surface area contributed by atoms with Crippen LogP contribution in [0.25, 0.3) is 6.08 Å². The lowest BCUT2D eigenvalue weighted by Gasteiger charge is -2.11. The van der Waals surface area contributed by atoms with Crippen LogP contribution < -0.4 is 4.74 Å². The van der Waals surface area contributed by atoms with Crippen molar-refractivity contribution >= 4 is 45.5 Å². The molecule has 4 nitrogen and oxygen atoms in total. The molecule has 0 unspecified atom stereocenters. The standard InChI is InChI=1S/C23H15BrClNO3/c24-18-10-11-21(28-14-16-8-4-5-9-19(16)25)17(12-18)13-20-23(27)29-22(26-20)15-6-2-1-3-7-15/h1-13H,14H2/b20-13-. The molecule has 0 fully saturated rings. The molecule has 0 atom stereocenters. The van der Waals surface area contributed by atoms with Gasteiger partial charge in [-0.15, -0.1) is 0 Å². The Morgan fingerprint density at radius 2 is 1.79 bits per heavy atom. The first-order valence-corrected chi connectivity index (χ1v) is 10.0. The van der Waals surface area contributed by atoms with E-state index < -0.39 is 5.97 Å². The molecule has 0 saturated carbocycles. The Morgan fingerprint density at radius 3 is 2.59 bits per heavy atom. The van der Waals surface area contributed by atoms with Crippen LogP contribution in [0, 0.1) is 0 Å². The molecule has 3 aromatic rings. The monoisotopic (exact) mass is 467 g/mol. The van der Waals surface area contributed by atoms with Gasteiger partial charge in [0.05, 0.1) is 0 Å². The molecule has 0 spiro atoms. The Morgan fingerprint density at radius 1 is 1.03 bits per heavy atom. The summed E-state index contributed by atoms with van der Waals surface area (Å²) < 4.78 is 12.1. The highest BCUT2D eigenvalue weighted by atomic mass is 79.9. The van der Waals surface area contributed by atoms with Gasteiger partial charge in [0.15, 0.2) is 5.70 Å². The first kappa shape index (κ1) is 19.4. The van der Waals surface area contributed by atoms with Gasteiger partial charge < -0.3 is 9.47 Å². The zero-order valence-electron chi connectivity index (χ0n) is 15.1. The van der Waals surface area contributed by atoms with Crippen LogP contribution in [0.5, 0.6) is 5.75 Å². The molecule has 1 aliphatic rings. The van der Waals surface area contributed by atoms with Gasteiger partial charge in [0.1, 0.15) is 12.4 Å². The Kier molecular flexibility index (Phi) is 5.79. The van der Waals surface area contributed by atoms with Gasteiger partial charge in [-0.2, -0.15) is 0 Å². The van der Waals surface area contributed by atoms with E-state index in [1.165, 1.54) is 0 Å². The quantitative estimate of drug-likeness (QED) is 0.339. The summed E-state index contributed by atoms with van der Waals surface area (Å²) in [5.41, 5.74) is 2.54. The van der Waals surface area contributed by atoms with Gasteiger partial charge in [-0.1, -0.05) is 63.9 Å². The molecule has 0 amide bonds. The topological polar surface area (TPSA) is 47.9 Å². The predicted octanol–water partition coefficient (Wildman–Crippen LogP) is 6.03. The second-order valence-electron chi connectivity index (χ2n) is 6.26. The molecule has 29 heavy (non-hydrogen) atoms. The van der Waals surface area contributed by atoms with Crippen molar-refractivity contribution < 1.29 is 14.3 Å². The molecule has 1 aliphatic heterocycles. The van der Waals surface area contributed by atoms with E-state index in [0.29, 0.717) is 22.9 Å². The maximum absolute atomic E-state index is 12.3. The van der Waals surface area contributed by atoms with Crippen molar-refractivity contribution in [2.45, 2.75) is 6.61 Å². The lowest BCUT2D eigenvalue weighted by atomic mass is 10.1. The second-order valence-corrected chi connectivity index (χ2v) is 7.59. The highest BCUT2D eigenvalue weighted by Crippen LogP contribution is 2.29. The molecule has 0 bridgehead atoms. The number of hydrogen-bond acceptors (Lipinski definition) is 4. The van der Waals surface area contributed by atoms with Gasteiger partial charge in [-0.25, -0.2) is 9.79 Å². The second kappa shape index (κ2) is 8.64. The van der Waals surface area contributed by atoms with Crippen molar-refractivity contribution in [2.75, 3.05) is 0 Å². The Balaban J connectivity index is 1.63. The molecular formula is C23H15BrClNO3. The Bertz CT molecular complexity index is 1130. The maximum atomic E-state index is 12.3. The normalized spacial score (nSPS) is 14.6. The summed E-state index contributed by atoms with van der Waals surface area (Å²) in [5.74, 6) is 0.396. The van der Waals surface area contributed by atoms with Gasteiger partial charge in [-0.3, -0.25) is 0 Å². The number of benzene rings is 3. The molecule has 6 heteroatoms. The number of hydrogen-bond donors (Lipinski definition) is 0. The summed E-state index contributed by atoms with van der Waals surface area (Å²) in [6, 6.07) is 22.4. The van der Waals surface area contributed by atoms with Crippen molar-refractivity contribution in [1.29, 1.82) is 0 Å². The molecule has 0 aromatic heterocycles. The van der Waals surface area contributed by atoms with Crippen LogP contribution in [0.15, 0.2) is 88.0 Å². The van der Waals surface area contributed by atoms with Crippen molar-refractivity contribution in [3.05, 3.63) is 105 Å². The molecule has 4 rings (SSSR count). The van der Waals surface area contributed by atoms with Crippen LogP contribution >= 0.6 is 27.5 Å². The average molecular weight is 469 g/mol. The van der Waals surface area contributed by atoms with Crippen molar-refractivity contribution in [3.8, 4) is 5.75 Å². The van der Waals surface area contributed by atoms with E-state index >= 15 is 0 Å². The van der Waals surface area contributed by atoms with E-state index in [4.69, 9.17) is 21.1 Å². The molecule has 144 valence electrons. The van der Waals surface area contributed by atoms with Crippen LogP contribution in [0.1, 0.15) is 16.7 Å². The third kappa shape index (κ3) is 4.58. The SMILES string of the molecule is O=C1OC(c2ccccc2)=N/C1=C\c1cc(Br)ccc1OCc1ccccc1Cl. The third-order valence-corrected chi connectivity index (χ3v) is 5.11. The first-order chi connectivity index (χ1) is 14.1. The minimum atomic E-state index is -0.499. The van der Waals surface area contributed by atoms with Gasteiger partial charge >= 0.3 is 5.97 Å². The molecule has 0 radical (unpaired) electrons. The van der Waals surface area contributed by atoms with Crippen LogP contribution in [0.3, 0.4) is 0 Å². The predicted molar refractivity (Wildman–Crippen MR) is 117 cm³/mol. The fraction of sp³-hybridized carbons (Fsp3) is 0.0435. The lowest BCUT2D eigenvalue weighted by Crippen LogP contribution is -2.05. The van der Waals surface area contributed by atoms with Crippen molar-refractivity contribution in [1.82, 2.24) is 0 Å². The van der Waals surface area contributed by atoms with Gasteiger partial charge in [-0.05, 0) is 42.5 Å². The number of halogens is 2. The van der Waals surface area contributed by atoms with E-state index in [9.17, 15) is 4.79 Å². The fourth-order valence-electron chi connectivity index (χ4n) is 2.80. The van der Waals surface area contributed by atoms with Gasteiger partial charge in [0, 0.05) is 26.2 Å². The summed E-state index contributed by atoms with van der Waals surface area (Å²) in [6.45, 7) is 0.306. The Hall–Kier alpha value is -2.89. The van der Waals surface area contributed by atoms with Crippen molar-refractivity contribution in [3.63, 3.8) is 0 Å². The minimum Gasteiger partial charge on any atom is -0.488 e. The number of ether oxygens (including phenoxy) is 2. The molecule has 0 N–H and O–H groups in total. The summed E-state index contributed by atoms with van der Waals surface area (Å²) in [4.78, 5) is 16.7. The zero-order chi connectivity index (χ0) is 20.2. The number of carbonyl (C=O) groups is 1. The lowest BCUT2D eigenvalue weighted by molar-refractivity contribution is -0.129. The van der Waals surface area contributed by atoms with E-state index in [-0.39, 0.29) is 11.6 Å². The molecule has 0 aliphatic carbocycles. The summed E-state index contributed by atoms with van der Waals surface area (Å²) in [6.07, 6.45) is 1.66. The molecule has 1 heterocycles. The number of cyclic esters (lactones) is 1. The number of esters is 1. The van der Waals surface area contributed by atoms with Crippen LogP contribution in [-0.2, 0) is 16.1 Å². The number of rotatable bonds is 5. The van der Waals surface area contributed by atoms with Crippen LogP contribution in [0.4, 0.5) is 0 Å². The van der Waals surface area contributed by atoms with E-state index in [2.05, 4.69) is 20.9 Å². The maximum Gasteiger partial charge on any atom is 0.363 e. The average Bonchev–Trinajstić information content (AvgIpc) is 3.09. The highest BCUT2D eigenvalue weighted by molar-refractivity contribution is 9.10. The number of nitrogens with zero attached hydrogens (tertiary/aromatic N) is 1. The van der Waals surface area contributed by atoms with E-state index in [0.717, 1.165) is 15.6 Å². The Labute approximate surface area is 181 Å². The van der Waals surface area contributed by atoms with Crippen LogP contribution in [-0.4, -0.2) is 11.9 Å². The number of aliphatic imine (C=N–C) groups is 1. The van der Waals surface area contributed by atoms with Gasteiger partial charge in [0.2, 0.25) is 5.90 Å².